The topological polar surface area (TPSA) is 35.9 Å². The zero-order chi connectivity index (χ0) is 10.0. The van der Waals surface area contributed by atoms with Crippen molar-refractivity contribution in [3.8, 4) is 0 Å². The van der Waals surface area contributed by atoms with Crippen LogP contribution in [0.15, 0.2) is 12.1 Å². The molecule has 0 amide bonds. The molecule has 0 aromatic heterocycles. The summed E-state index contributed by atoms with van der Waals surface area (Å²) in [5.41, 5.74) is 1.09. The van der Waals surface area contributed by atoms with E-state index < -0.39 is 5.82 Å². The minimum atomic E-state index is -0.434. The van der Waals surface area contributed by atoms with Crippen molar-refractivity contribution in [1.29, 1.82) is 5.41 Å². The molecule has 13 heavy (non-hydrogen) atoms. The van der Waals surface area contributed by atoms with Gasteiger partial charge >= 0.3 is 0 Å². The van der Waals surface area contributed by atoms with Gasteiger partial charge in [-0.05, 0) is 19.1 Å². The summed E-state index contributed by atoms with van der Waals surface area (Å²) in [6.07, 6.45) is 0. The maximum Gasteiger partial charge on any atom is 0.148 e. The van der Waals surface area contributed by atoms with Crippen molar-refractivity contribution in [2.24, 2.45) is 0 Å². The second-order valence-electron chi connectivity index (χ2n) is 2.69. The Kier molecular flexibility index (Phi) is 2.88. The van der Waals surface area contributed by atoms with Crippen molar-refractivity contribution in [3.05, 3.63) is 28.5 Å². The molecule has 0 unspecified atom stereocenters. The van der Waals surface area contributed by atoms with E-state index in [1.165, 1.54) is 6.07 Å². The molecule has 0 aliphatic heterocycles. The minimum Gasteiger partial charge on any atom is -0.385 e. The van der Waals surface area contributed by atoms with Crippen LogP contribution in [0.3, 0.4) is 0 Å². The summed E-state index contributed by atoms with van der Waals surface area (Å²) in [7, 11) is 1.61. The van der Waals surface area contributed by atoms with Crippen LogP contribution in [0.25, 0.3) is 0 Å². The van der Waals surface area contributed by atoms with Crippen molar-refractivity contribution in [2.75, 3.05) is 12.4 Å². The van der Waals surface area contributed by atoms with E-state index >= 15 is 0 Å². The van der Waals surface area contributed by atoms with E-state index in [0.29, 0.717) is 16.3 Å². The lowest BCUT2D eigenvalue weighted by Crippen LogP contribution is -2.02. The Morgan fingerprint density at radius 3 is 2.62 bits per heavy atom. The van der Waals surface area contributed by atoms with Crippen LogP contribution in [0.5, 0.6) is 0 Å². The average molecular weight is 201 g/mol. The molecule has 0 fully saturated rings. The van der Waals surface area contributed by atoms with Crippen LogP contribution in [-0.2, 0) is 0 Å². The Morgan fingerprint density at radius 1 is 1.54 bits per heavy atom. The molecule has 0 bridgehead atoms. The van der Waals surface area contributed by atoms with Gasteiger partial charge in [0.15, 0.2) is 0 Å². The summed E-state index contributed by atoms with van der Waals surface area (Å²) in [6.45, 7) is 1.59. The molecular formula is C9H10ClFN2. The highest BCUT2D eigenvalue weighted by molar-refractivity contribution is 6.31. The summed E-state index contributed by atoms with van der Waals surface area (Å²) in [5, 5.41) is 10.4. The monoisotopic (exact) mass is 200 g/mol. The average Bonchev–Trinajstić information content (AvgIpc) is 2.02. The SMILES string of the molecule is CNc1c(F)cc(Cl)cc1C(C)=N. The van der Waals surface area contributed by atoms with Gasteiger partial charge in [-0.3, -0.25) is 0 Å². The van der Waals surface area contributed by atoms with Crippen molar-refractivity contribution in [3.63, 3.8) is 0 Å². The predicted molar refractivity (Wildman–Crippen MR) is 53.5 cm³/mol. The summed E-state index contributed by atoms with van der Waals surface area (Å²) >= 11 is 5.66. The molecule has 4 heteroatoms. The highest BCUT2D eigenvalue weighted by Crippen LogP contribution is 2.24. The number of hydrogen-bond donors (Lipinski definition) is 2. The van der Waals surface area contributed by atoms with Gasteiger partial charge in [0, 0.05) is 23.3 Å². The summed E-state index contributed by atoms with van der Waals surface area (Å²) in [6, 6.07) is 2.79. The molecule has 1 aromatic carbocycles. The Balaban J connectivity index is 3.38. The summed E-state index contributed by atoms with van der Waals surface area (Å²) < 4.78 is 13.2. The third-order valence-corrected chi connectivity index (χ3v) is 1.93. The maximum absolute atomic E-state index is 13.2. The van der Waals surface area contributed by atoms with Gasteiger partial charge < -0.3 is 10.7 Å². The van der Waals surface area contributed by atoms with Gasteiger partial charge in [-0.2, -0.15) is 0 Å². The first-order chi connectivity index (χ1) is 6.06. The number of anilines is 1. The van der Waals surface area contributed by atoms with Crippen molar-refractivity contribution >= 4 is 23.0 Å². The molecule has 0 atom stereocenters. The van der Waals surface area contributed by atoms with Crippen molar-refractivity contribution in [2.45, 2.75) is 6.92 Å². The van der Waals surface area contributed by atoms with E-state index in [9.17, 15) is 4.39 Å². The smallest absolute Gasteiger partial charge is 0.148 e. The van der Waals surface area contributed by atoms with Gasteiger partial charge in [0.1, 0.15) is 5.82 Å². The van der Waals surface area contributed by atoms with Gasteiger partial charge in [0.25, 0.3) is 0 Å². The summed E-state index contributed by atoms with van der Waals surface area (Å²) in [5.74, 6) is -0.434. The number of halogens is 2. The van der Waals surface area contributed by atoms with Crippen LogP contribution >= 0.6 is 11.6 Å². The first-order valence-corrected chi connectivity index (χ1v) is 4.16. The van der Waals surface area contributed by atoms with Crippen LogP contribution < -0.4 is 5.32 Å². The molecule has 2 N–H and O–H groups in total. The first kappa shape index (κ1) is 9.99. The second-order valence-corrected chi connectivity index (χ2v) is 3.12. The standard InChI is InChI=1S/C9H10ClFN2/c1-5(12)7-3-6(10)4-8(11)9(7)13-2/h3-4,12-13H,1-2H3. The normalized spacial score (nSPS) is 9.85. The van der Waals surface area contributed by atoms with Crippen molar-refractivity contribution < 1.29 is 4.39 Å². The second kappa shape index (κ2) is 3.75. The largest absolute Gasteiger partial charge is 0.385 e. The van der Waals surface area contributed by atoms with Gasteiger partial charge in [0.05, 0.1) is 5.69 Å². The lowest BCUT2D eigenvalue weighted by Gasteiger charge is -2.09. The number of nitrogens with one attached hydrogen (secondary N) is 2. The van der Waals surface area contributed by atoms with E-state index in [4.69, 9.17) is 17.0 Å². The van der Waals surface area contributed by atoms with Gasteiger partial charge in [-0.1, -0.05) is 11.6 Å². The van der Waals surface area contributed by atoms with E-state index in [-0.39, 0.29) is 5.71 Å². The van der Waals surface area contributed by atoms with E-state index in [1.54, 1.807) is 20.0 Å². The van der Waals surface area contributed by atoms with Crippen LogP contribution in [0.4, 0.5) is 10.1 Å². The van der Waals surface area contributed by atoms with E-state index in [0.717, 1.165) is 0 Å². The van der Waals surface area contributed by atoms with E-state index in [2.05, 4.69) is 5.32 Å². The number of hydrogen-bond acceptors (Lipinski definition) is 2. The molecule has 0 saturated heterocycles. The zero-order valence-electron chi connectivity index (χ0n) is 7.41. The van der Waals surface area contributed by atoms with Crippen LogP contribution in [-0.4, -0.2) is 12.8 Å². The highest BCUT2D eigenvalue weighted by Gasteiger charge is 2.10. The molecule has 0 aliphatic carbocycles. The molecule has 2 nitrogen and oxygen atoms in total. The van der Waals surface area contributed by atoms with Crippen LogP contribution in [0, 0.1) is 11.2 Å². The minimum absolute atomic E-state index is 0.283. The van der Waals surface area contributed by atoms with Crippen LogP contribution in [0.1, 0.15) is 12.5 Å². The summed E-state index contributed by atoms with van der Waals surface area (Å²) in [4.78, 5) is 0. The maximum atomic E-state index is 13.2. The first-order valence-electron chi connectivity index (χ1n) is 3.78. The fraction of sp³-hybridized carbons (Fsp3) is 0.222. The van der Waals surface area contributed by atoms with Gasteiger partial charge in [-0.15, -0.1) is 0 Å². The molecule has 0 spiro atoms. The number of rotatable bonds is 2. The lowest BCUT2D eigenvalue weighted by molar-refractivity contribution is 0.631. The molecule has 0 heterocycles. The Labute approximate surface area is 81.2 Å². The predicted octanol–water partition coefficient (Wildman–Crippen LogP) is 2.91. The highest BCUT2D eigenvalue weighted by atomic mass is 35.5. The Bertz CT molecular complexity index is 350. The molecular weight excluding hydrogens is 191 g/mol. The van der Waals surface area contributed by atoms with Gasteiger partial charge in [0.2, 0.25) is 0 Å². The van der Waals surface area contributed by atoms with Gasteiger partial charge in [-0.25, -0.2) is 4.39 Å². The Hall–Kier alpha value is -1.09. The zero-order valence-corrected chi connectivity index (χ0v) is 8.17. The third kappa shape index (κ3) is 1.98. The lowest BCUT2D eigenvalue weighted by atomic mass is 10.1. The fourth-order valence-electron chi connectivity index (χ4n) is 1.12. The quantitative estimate of drug-likeness (QED) is 0.708. The molecule has 1 rings (SSSR count). The Morgan fingerprint density at radius 2 is 2.15 bits per heavy atom. The number of benzene rings is 1. The third-order valence-electron chi connectivity index (χ3n) is 1.71. The molecule has 0 saturated carbocycles. The van der Waals surface area contributed by atoms with Crippen LogP contribution in [0.2, 0.25) is 5.02 Å². The fourth-order valence-corrected chi connectivity index (χ4v) is 1.33. The molecule has 70 valence electrons. The molecule has 1 aromatic rings. The van der Waals surface area contributed by atoms with Crippen molar-refractivity contribution in [1.82, 2.24) is 0 Å². The molecule has 0 aliphatic rings. The molecule has 0 radical (unpaired) electrons. The van der Waals surface area contributed by atoms with E-state index in [1.807, 2.05) is 0 Å².